The Labute approximate surface area is 208 Å². The predicted octanol–water partition coefficient (Wildman–Crippen LogP) is 1.52. The van der Waals surface area contributed by atoms with E-state index in [2.05, 4.69) is 15.1 Å². The number of hydrogen-bond acceptors (Lipinski definition) is 7. The summed E-state index contributed by atoms with van der Waals surface area (Å²) < 4.78 is 29.5. The minimum Gasteiger partial charge on any atom is -0.394 e. The summed E-state index contributed by atoms with van der Waals surface area (Å²) in [6.07, 6.45) is 5.18. The Morgan fingerprint density at radius 1 is 1.06 bits per heavy atom. The molecule has 0 spiro atoms. The van der Waals surface area contributed by atoms with Crippen molar-refractivity contribution in [2.24, 2.45) is 0 Å². The first-order chi connectivity index (χ1) is 16.4. The third kappa shape index (κ3) is 5.60. The number of anilines is 1. The first-order valence-electron chi connectivity index (χ1n) is 10.4. The van der Waals surface area contributed by atoms with Crippen molar-refractivity contribution in [2.45, 2.75) is 17.4 Å². The van der Waals surface area contributed by atoms with Crippen LogP contribution in [-0.2, 0) is 16.4 Å². The van der Waals surface area contributed by atoms with Gasteiger partial charge in [-0.1, -0.05) is 24.3 Å². The van der Waals surface area contributed by atoms with E-state index in [1.165, 1.54) is 24.5 Å². The van der Waals surface area contributed by atoms with Gasteiger partial charge in [-0.2, -0.15) is 0 Å². The number of aliphatic hydroxyl groups is 2. The number of aromatic nitrogens is 4. The lowest BCUT2D eigenvalue weighted by Gasteiger charge is -2.26. The van der Waals surface area contributed by atoms with Crippen molar-refractivity contribution >= 4 is 28.1 Å². The van der Waals surface area contributed by atoms with E-state index in [0.717, 1.165) is 14.6 Å². The Bertz CT molecular complexity index is 1410. The normalized spacial score (nSPS) is 12.1. The second-order valence-corrected chi connectivity index (χ2v) is 9.34. The van der Waals surface area contributed by atoms with Gasteiger partial charge in [-0.25, -0.2) is 18.1 Å². The molecule has 12 heteroatoms. The predicted molar refractivity (Wildman–Crippen MR) is 133 cm³/mol. The van der Waals surface area contributed by atoms with Crippen LogP contribution in [0.4, 0.5) is 5.69 Å². The van der Waals surface area contributed by atoms with E-state index in [1.807, 2.05) is 6.07 Å². The van der Waals surface area contributed by atoms with Crippen LogP contribution in [0.3, 0.4) is 0 Å². The summed E-state index contributed by atoms with van der Waals surface area (Å²) >= 11 is 0. The van der Waals surface area contributed by atoms with E-state index in [0.29, 0.717) is 17.7 Å². The molecule has 3 aromatic heterocycles. The van der Waals surface area contributed by atoms with E-state index in [1.54, 1.807) is 48.8 Å². The molecular formula is C23H24ClN5O5S. The lowest BCUT2D eigenvalue weighted by molar-refractivity contribution is 0.102. The molecule has 35 heavy (non-hydrogen) atoms. The molecule has 0 aliphatic carbocycles. The zero-order valence-corrected chi connectivity index (χ0v) is 20.1. The zero-order chi connectivity index (χ0) is 24.1. The van der Waals surface area contributed by atoms with Gasteiger partial charge in [0.05, 0.1) is 24.9 Å². The van der Waals surface area contributed by atoms with Crippen LogP contribution in [0.2, 0.25) is 0 Å². The molecule has 10 nitrogen and oxygen atoms in total. The van der Waals surface area contributed by atoms with E-state index in [9.17, 15) is 23.4 Å². The highest BCUT2D eigenvalue weighted by molar-refractivity contribution is 7.93. The molecule has 0 bridgehead atoms. The number of aromatic amines is 1. The molecule has 3 N–H and O–H groups in total. The number of H-pyrrole nitrogens is 1. The number of para-hydroxylation sites is 1. The van der Waals surface area contributed by atoms with E-state index in [-0.39, 0.29) is 29.7 Å². The topological polar surface area (TPSA) is 141 Å². The van der Waals surface area contributed by atoms with Crippen LogP contribution in [0.25, 0.3) is 5.82 Å². The maximum Gasteiger partial charge on any atom is 0.276 e. The molecule has 184 valence electrons. The highest BCUT2D eigenvalue weighted by Crippen LogP contribution is 2.26. The first kappa shape index (κ1) is 26.1. The van der Waals surface area contributed by atoms with Crippen molar-refractivity contribution in [3.63, 3.8) is 0 Å². The fourth-order valence-electron chi connectivity index (χ4n) is 3.47. The molecule has 1 unspecified atom stereocenters. The Morgan fingerprint density at radius 3 is 2.49 bits per heavy atom. The maximum absolute atomic E-state index is 13.7. The SMILES string of the molecule is Cl.O=c1c(Cc2cccnc2)c[nH]n1-c1ncccc1S(=O)(=O)N(CC(O)CO)c1ccccc1. The maximum atomic E-state index is 13.7. The summed E-state index contributed by atoms with van der Waals surface area (Å²) in [5, 5.41) is 22.2. The molecule has 0 fully saturated rings. The number of nitrogens with one attached hydrogen (secondary N) is 1. The van der Waals surface area contributed by atoms with Gasteiger partial charge in [-0.3, -0.25) is 19.2 Å². The van der Waals surface area contributed by atoms with Crippen LogP contribution in [0.1, 0.15) is 11.1 Å². The number of aliphatic hydroxyl groups excluding tert-OH is 2. The molecule has 4 rings (SSSR count). The Balaban J connectivity index is 0.00000342. The van der Waals surface area contributed by atoms with Gasteiger partial charge in [-0.05, 0) is 35.9 Å². The number of benzene rings is 1. The fourth-order valence-corrected chi connectivity index (χ4v) is 5.10. The van der Waals surface area contributed by atoms with Gasteiger partial charge in [0.15, 0.2) is 5.82 Å². The van der Waals surface area contributed by atoms with Crippen molar-refractivity contribution in [2.75, 3.05) is 17.5 Å². The summed E-state index contributed by atoms with van der Waals surface area (Å²) in [5.41, 5.74) is 1.09. The molecule has 3 heterocycles. The van der Waals surface area contributed by atoms with Crippen LogP contribution in [0, 0.1) is 0 Å². The number of halogens is 1. The number of nitrogens with zero attached hydrogens (tertiary/aromatic N) is 4. The largest absolute Gasteiger partial charge is 0.394 e. The van der Waals surface area contributed by atoms with Crippen LogP contribution >= 0.6 is 12.4 Å². The van der Waals surface area contributed by atoms with Crippen LogP contribution in [0.15, 0.2) is 89.1 Å². The molecule has 0 saturated carbocycles. The Kier molecular flexibility index (Phi) is 8.41. The monoisotopic (exact) mass is 517 g/mol. The van der Waals surface area contributed by atoms with E-state index >= 15 is 0 Å². The first-order valence-corrected chi connectivity index (χ1v) is 11.9. The highest BCUT2D eigenvalue weighted by Gasteiger charge is 2.31. The summed E-state index contributed by atoms with van der Waals surface area (Å²) in [6.45, 7) is -1.00. The van der Waals surface area contributed by atoms with Crippen LogP contribution in [-0.4, -0.2) is 57.6 Å². The van der Waals surface area contributed by atoms with E-state index in [4.69, 9.17) is 0 Å². The molecule has 4 aromatic rings. The number of rotatable bonds is 9. The minimum atomic E-state index is -4.29. The molecule has 0 radical (unpaired) electrons. The van der Waals surface area contributed by atoms with Crippen LogP contribution in [0.5, 0.6) is 0 Å². The molecule has 0 aliphatic rings. The van der Waals surface area contributed by atoms with Gasteiger partial charge in [0.25, 0.3) is 15.6 Å². The van der Waals surface area contributed by atoms with Gasteiger partial charge < -0.3 is 10.2 Å². The lowest BCUT2D eigenvalue weighted by atomic mass is 10.1. The second kappa shape index (κ2) is 11.3. The third-order valence-corrected chi connectivity index (χ3v) is 6.94. The van der Waals surface area contributed by atoms with Crippen molar-refractivity contribution in [3.8, 4) is 5.82 Å². The average molecular weight is 518 g/mol. The number of sulfonamides is 1. The summed E-state index contributed by atoms with van der Waals surface area (Å²) in [6, 6.07) is 14.6. The van der Waals surface area contributed by atoms with Gasteiger partial charge in [-0.15, -0.1) is 12.4 Å². The molecule has 0 amide bonds. The van der Waals surface area contributed by atoms with Crippen LogP contribution < -0.4 is 9.86 Å². The molecule has 1 atom stereocenters. The van der Waals surface area contributed by atoms with Gasteiger partial charge in [0.2, 0.25) is 0 Å². The Hall–Kier alpha value is -3.51. The van der Waals surface area contributed by atoms with E-state index < -0.39 is 28.3 Å². The quantitative estimate of drug-likeness (QED) is 0.305. The Morgan fingerprint density at radius 2 is 1.80 bits per heavy atom. The van der Waals surface area contributed by atoms with Gasteiger partial charge >= 0.3 is 0 Å². The second-order valence-electron chi connectivity index (χ2n) is 7.51. The van der Waals surface area contributed by atoms with Crippen molar-refractivity contribution < 1.29 is 18.6 Å². The van der Waals surface area contributed by atoms with Gasteiger partial charge in [0.1, 0.15) is 4.90 Å². The summed E-state index contributed by atoms with van der Waals surface area (Å²) in [4.78, 5) is 21.1. The lowest BCUT2D eigenvalue weighted by Crippen LogP contribution is -2.39. The molecule has 1 aromatic carbocycles. The summed E-state index contributed by atoms with van der Waals surface area (Å²) in [7, 11) is -4.29. The molecule has 0 saturated heterocycles. The standard InChI is InChI=1S/C23H23N5O5S.ClH/c29-16-20(30)15-27(19-7-2-1-3-8-19)34(32,33)21-9-5-11-25-22(21)28-23(31)18(14-26-28)12-17-6-4-10-24-13-17;/h1-11,13-14,20,26,29-30H,12,15-16H2;1H. The summed E-state index contributed by atoms with van der Waals surface area (Å²) in [5.74, 6) is -0.107. The van der Waals surface area contributed by atoms with Crippen molar-refractivity contribution in [1.29, 1.82) is 0 Å². The van der Waals surface area contributed by atoms with Crippen molar-refractivity contribution in [3.05, 3.63) is 101 Å². The number of hydrogen-bond donors (Lipinski definition) is 3. The smallest absolute Gasteiger partial charge is 0.276 e. The van der Waals surface area contributed by atoms with Gasteiger partial charge in [0, 0.05) is 36.8 Å². The highest BCUT2D eigenvalue weighted by atomic mass is 35.5. The molecular weight excluding hydrogens is 494 g/mol. The minimum absolute atomic E-state index is 0. The number of pyridine rings is 2. The fraction of sp³-hybridized carbons (Fsp3) is 0.174. The zero-order valence-electron chi connectivity index (χ0n) is 18.4. The van der Waals surface area contributed by atoms with Crippen molar-refractivity contribution in [1.82, 2.24) is 19.7 Å². The molecule has 0 aliphatic heterocycles. The average Bonchev–Trinajstić information content (AvgIpc) is 3.23. The third-order valence-electron chi connectivity index (χ3n) is 5.13.